The van der Waals surface area contributed by atoms with Crippen molar-refractivity contribution in [1.82, 2.24) is 9.80 Å². The third-order valence-corrected chi connectivity index (χ3v) is 5.67. The van der Waals surface area contributed by atoms with Crippen LogP contribution in [0.1, 0.15) is 57.3 Å². The van der Waals surface area contributed by atoms with E-state index in [2.05, 4.69) is 11.8 Å². The fourth-order valence-corrected chi connectivity index (χ4v) is 4.39. The number of likely N-dealkylation sites (tertiary alicyclic amines) is 2. The Morgan fingerprint density at radius 3 is 2.52 bits per heavy atom. The lowest BCUT2D eigenvalue weighted by Crippen LogP contribution is -2.53. The summed E-state index contributed by atoms with van der Waals surface area (Å²) in [5.74, 6) is 0.647. The van der Waals surface area contributed by atoms with Gasteiger partial charge in [0, 0.05) is 18.2 Å². The molecule has 27 heavy (non-hydrogen) atoms. The molecule has 0 radical (unpaired) electrons. The highest BCUT2D eigenvalue weighted by molar-refractivity contribution is 5.97. The zero-order chi connectivity index (χ0) is 19.6. The quantitative estimate of drug-likeness (QED) is 0.750. The first-order chi connectivity index (χ1) is 12.8. The molecule has 2 saturated heterocycles. The summed E-state index contributed by atoms with van der Waals surface area (Å²) in [5.41, 5.74) is 0.256. The molecule has 3 unspecified atom stereocenters. The van der Waals surface area contributed by atoms with E-state index in [-0.39, 0.29) is 24.0 Å². The molecule has 2 fully saturated rings. The summed E-state index contributed by atoms with van der Waals surface area (Å²) in [6, 6.07) is 9.82. The van der Waals surface area contributed by atoms with Gasteiger partial charge in [0.05, 0.1) is 12.6 Å². The van der Waals surface area contributed by atoms with E-state index in [9.17, 15) is 9.59 Å². The second-order valence-electron chi connectivity index (χ2n) is 8.83. The normalized spacial score (nSPS) is 25.9. The molecule has 1 amide bonds. The molecule has 2 aliphatic rings. The van der Waals surface area contributed by atoms with Gasteiger partial charge in [0.1, 0.15) is 5.60 Å². The first kappa shape index (κ1) is 19.9. The second-order valence-corrected chi connectivity index (χ2v) is 8.83. The Labute approximate surface area is 162 Å². The number of ether oxygens (including phenoxy) is 1. The van der Waals surface area contributed by atoms with Crippen LogP contribution in [0.5, 0.6) is 0 Å². The number of benzene rings is 1. The molecular weight excluding hydrogens is 340 g/mol. The number of rotatable bonds is 4. The maximum atomic E-state index is 12.9. The Morgan fingerprint density at radius 1 is 1.19 bits per heavy atom. The van der Waals surface area contributed by atoms with Crippen molar-refractivity contribution in [1.29, 1.82) is 0 Å². The summed E-state index contributed by atoms with van der Waals surface area (Å²) < 4.78 is 5.69. The molecule has 0 N–H and O–H groups in total. The SMILES string of the molecule is CCC1CC2CCN(CC(=O)c3ccccc3)CC2N1C(=O)OC(C)(C)C. The smallest absolute Gasteiger partial charge is 0.410 e. The van der Waals surface area contributed by atoms with E-state index in [4.69, 9.17) is 4.74 Å². The number of hydrogen-bond donors (Lipinski definition) is 0. The highest BCUT2D eigenvalue weighted by atomic mass is 16.6. The van der Waals surface area contributed by atoms with Gasteiger partial charge < -0.3 is 9.64 Å². The summed E-state index contributed by atoms with van der Waals surface area (Å²) in [4.78, 5) is 29.6. The van der Waals surface area contributed by atoms with Crippen molar-refractivity contribution in [3.8, 4) is 0 Å². The molecule has 2 heterocycles. The predicted molar refractivity (Wildman–Crippen MR) is 106 cm³/mol. The van der Waals surface area contributed by atoms with Crippen LogP contribution in [-0.4, -0.2) is 59.0 Å². The third-order valence-electron chi connectivity index (χ3n) is 5.67. The minimum Gasteiger partial charge on any atom is -0.444 e. The van der Waals surface area contributed by atoms with Gasteiger partial charge in [-0.05, 0) is 52.5 Å². The summed E-state index contributed by atoms with van der Waals surface area (Å²) >= 11 is 0. The van der Waals surface area contributed by atoms with Crippen LogP contribution in [0.25, 0.3) is 0 Å². The Balaban J connectivity index is 1.69. The number of Topliss-reactive ketones (excluding diaryl/α,β-unsaturated/α-hetero) is 1. The fraction of sp³-hybridized carbons (Fsp3) is 0.636. The highest BCUT2D eigenvalue weighted by Gasteiger charge is 2.46. The van der Waals surface area contributed by atoms with Gasteiger partial charge in [0.15, 0.2) is 5.78 Å². The summed E-state index contributed by atoms with van der Waals surface area (Å²) in [6.45, 7) is 9.93. The van der Waals surface area contributed by atoms with Crippen molar-refractivity contribution >= 4 is 11.9 Å². The first-order valence-corrected chi connectivity index (χ1v) is 10.1. The van der Waals surface area contributed by atoms with Crippen molar-refractivity contribution in [2.24, 2.45) is 5.92 Å². The standard InChI is InChI=1S/C22H32N2O3/c1-5-18-13-17-11-12-23(15-20(25)16-9-7-6-8-10-16)14-19(17)24(18)21(26)27-22(2,3)4/h6-10,17-19H,5,11-15H2,1-4H3. The zero-order valence-corrected chi connectivity index (χ0v) is 17.0. The van der Waals surface area contributed by atoms with Crippen LogP contribution < -0.4 is 0 Å². The third kappa shape index (κ3) is 4.70. The van der Waals surface area contributed by atoms with E-state index in [0.29, 0.717) is 12.5 Å². The number of fused-ring (bicyclic) bond motifs is 1. The van der Waals surface area contributed by atoms with E-state index in [1.807, 2.05) is 56.0 Å². The fourth-order valence-electron chi connectivity index (χ4n) is 4.39. The van der Waals surface area contributed by atoms with Gasteiger partial charge in [0.25, 0.3) is 0 Å². The van der Waals surface area contributed by atoms with Crippen molar-refractivity contribution < 1.29 is 14.3 Å². The molecule has 0 aromatic heterocycles. The number of nitrogens with zero attached hydrogens (tertiary/aromatic N) is 2. The van der Waals surface area contributed by atoms with Crippen molar-refractivity contribution in [3.63, 3.8) is 0 Å². The lowest BCUT2D eigenvalue weighted by atomic mass is 9.91. The lowest BCUT2D eigenvalue weighted by Gasteiger charge is -2.39. The monoisotopic (exact) mass is 372 g/mol. The lowest BCUT2D eigenvalue weighted by molar-refractivity contribution is 0.00496. The first-order valence-electron chi connectivity index (χ1n) is 10.1. The number of carbonyl (C=O) groups is 2. The van der Waals surface area contributed by atoms with E-state index in [0.717, 1.165) is 37.9 Å². The number of ketones is 1. The second kappa shape index (κ2) is 8.01. The number of carbonyl (C=O) groups excluding carboxylic acids is 2. The zero-order valence-electron chi connectivity index (χ0n) is 17.0. The van der Waals surface area contributed by atoms with Gasteiger partial charge in [0.2, 0.25) is 0 Å². The van der Waals surface area contributed by atoms with E-state index in [1.54, 1.807) is 0 Å². The molecule has 5 nitrogen and oxygen atoms in total. The Hall–Kier alpha value is -1.88. The van der Waals surface area contributed by atoms with Crippen LogP contribution >= 0.6 is 0 Å². The average Bonchev–Trinajstić information content (AvgIpc) is 2.99. The van der Waals surface area contributed by atoms with E-state index in [1.165, 1.54) is 0 Å². The van der Waals surface area contributed by atoms with E-state index < -0.39 is 5.60 Å². The minimum atomic E-state index is -0.495. The van der Waals surface area contributed by atoms with Crippen LogP contribution in [0.2, 0.25) is 0 Å². The number of piperidine rings is 1. The van der Waals surface area contributed by atoms with Gasteiger partial charge in [-0.25, -0.2) is 4.79 Å². The van der Waals surface area contributed by atoms with Crippen molar-refractivity contribution in [2.75, 3.05) is 19.6 Å². The molecule has 2 aliphatic heterocycles. The molecule has 5 heteroatoms. The number of hydrogen-bond acceptors (Lipinski definition) is 4. The summed E-state index contributed by atoms with van der Waals surface area (Å²) in [7, 11) is 0. The van der Waals surface area contributed by atoms with Gasteiger partial charge in [-0.3, -0.25) is 9.69 Å². The summed E-state index contributed by atoms with van der Waals surface area (Å²) in [5, 5.41) is 0. The largest absolute Gasteiger partial charge is 0.444 e. The topological polar surface area (TPSA) is 49.9 Å². The van der Waals surface area contributed by atoms with Crippen LogP contribution in [0.4, 0.5) is 4.79 Å². The van der Waals surface area contributed by atoms with Crippen LogP contribution in [0.3, 0.4) is 0 Å². The van der Waals surface area contributed by atoms with Crippen LogP contribution in [0.15, 0.2) is 30.3 Å². The molecule has 3 atom stereocenters. The highest BCUT2D eigenvalue weighted by Crippen LogP contribution is 2.38. The molecule has 0 saturated carbocycles. The molecule has 0 spiro atoms. The van der Waals surface area contributed by atoms with Crippen molar-refractivity contribution in [3.05, 3.63) is 35.9 Å². The maximum Gasteiger partial charge on any atom is 0.410 e. The van der Waals surface area contributed by atoms with Gasteiger partial charge in [-0.1, -0.05) is 37.3 Å². The molecule has 0 bridgehead atoms. The molecule has 1 aromatic carbocycles. The molecular formula is C22H32N2O3. The minimum absolute atomic E-state index is 0.141. The van der Waals surface area contributed by atoms with Gasteiger partial charge in [-0.15, -0.1) is 0 Å². The Kier molecular flexibility index (Phi) is 5.89. The van der Waals surface area contributed by atoms with Crippen molar-refractivity contribution in [2.45, 2.75) is 64.6 Å². The summed E-state index contributed by atoms with van der Waals surface area (Å²) in [6.07, 6.45) is 2.80. The molecule has 3 rings (SSSR count). The van der Waals surface area contributed by atoms with Crippen LogP contribution in [-0.2, 0) is 4.74 Å². The maximum absolute atomic E-state index is 12.9. The van der Waals surface area contributed by atoms with Crippen LogP contribution in [0, 0.1) is 5.92 Å². The predicted octanol–water partition coefficient (Wildman–Crippen LogP) is 3.98. The molecule has 148 valence electrons. The molecule has 0 aliphatic carbocycles. The van der Waals surface area contributed by atoms with Gasteiger partial charge >= 0.3 is 6.09 Å². The number of amides is 1. The average molecular weight is 373 g/mol. The van der Waals surface area contributed by atoms with Gasteiger partial charge in [-0.2, -0.15) is 0 Å². The Morgan fingerprint density at radius 2 is 1.89 bits per heavy atom. The molecule has 1 aromatic rings. The van der Waals surface area contributed by atoms with E-state index >= 15 is 0 Å². The Bertz CT molecular complexity index is 668.